The lowest BCUT2D eigenvalue weighted by Gasteiger charge is -2.31. The maximum Gasteiger partial charge on any atom is 0.255 e. The standard InChI is InChI=1S/C29H29N5O3/c1-19-7-2-4-10-24(19)29-33-32-28(37-29)21-14-12-20(13-15-21)27(36)31-25-11-5-3-8-22(25)17-34-16-6-9-23(18-34)26(30)35/h2-5,7-8,10-15,23H,6,9,16-18H2,1H3,(H2,30,35)(H,31,36). The number of benzene rings is 3. The SMILES string of the molecule is Cc1ccccc1-c1nnc(-c2ccc(C(=O)Nc3ccccc3CN3CCCC(C(N)=O)C3)cc2)o1. The Hall–Kier alpha value is -4.30. The second kappa shape index (κ2) is 10.8. The van der Waals surface area contributed by atoms with Gasteiger partial charge in [-0.3, -0.25) is 14.5 Å². The van der Waals surface area contributed by atoms with Gasteiger partial charge >= 0.3 is 0 Å². The molecule has 4 aromatic rings. The van der Waals surface area contributed by atoms with Crippen molar-refractivity contribution in [3.8, 4) is 22.9 Å². The number of hydrogen-bond donors (Lipinski definition) is 2. The van der Waals surface area contributed by atoms with Crippen molar-refractivity contribution in [3.05, 3.63) is 89.5 Å². The molecule has 2 amide bonds. The van der Waals surface area contributed by atoms with Gasteiger partial charge in [0, 0.05) is 35.5 Å². The van der Waals surface area contributed by atoms with E-state index in [1.807, 2.05) is 55.5 Å². The highest BCUT2D eigenvalue weighted by atomic mass is 16.4. The van der Waals surface area contributed by atoms with E-state index in [0.717, 1.165) is 47.3 Å². The van der Waals surface area contributed by atoms with E-state index < -0.39 is 0 Å². The topological polar surface area (TPSA) is 114 Å². The molecule has 5 rings (SSSR count). The van der Waals surface area contributed by atoms with Gasteiger partial charge in [-0.25, -0.2) is 0 Å². The molecule has 8 heteroatoms. The molecule has 3 aromatic carbocycles. The minimum absolute atomic E-state index is 0.124. The molecule has 1 atom stereocenters. The van der Waals surface area contributed by atoms with Gasteiger partial charge < -0.3 is 15.5 Å². The number of rotatable bonds is 7. The molecule has 1 fully saturated rings. The van der Waals surface area contributed by atoms with Crippen LogP contribution in [0.25, 0.3) is 22.9 Å². The maximum absolute atomic E-state index is 13.0. The molecule has 188 valence electrons. The van der Waals surface area contributed by atoms with Crippen LogP contribution in [0.1, 0.15) is 34.3 Å². The fraction of sp³-hybridized carbons (Fsp3) is 0.241. The first-order valence-electron chi connectivity index (χ1n) is 12.4. The van der Waals surface area contributed by atoms with Gasteiger partial charge in [0.25, 0.3) is 5.91 Å². The van der Waals surface area contributed by atoms with Gasteiger partial charge in [-0.15, -0.1) is 10.2 Å². The Bertz CT molecular complexity index is 1410. The predicted octanol–water partition coefficient (Wildman–Crippen LogP) is 4.66. The molecule has 0 aliphatic carbocycles. The number of primary amides is 1. The number of amides is 2. The summed E-state index contributed by atoms with van der Waals surface area (Å²) < 4.78 is 5.89. The highest BCUT2D eigenvalue weighted by Crippen LogP contribution is 2.27. The van der Waals surface area contributed by atoms with Crippen molar-refractivity contribution < 1.29 is 14.0 Å². The van der Waals surface area contributed by atoms with Crippen LogP contribution >= 0.6 is 0 Å². The first-order valence-corrected chi connectivity index (χ1v) is 12.4. The van der Waals surface area contributed by atoms with E-state index in [2.05, 4.69) is 20.4 Å². The Kier molecular flexibility index (Phi) is 7.09. The van der Waals surface area contributed by atoms with Crippen LogP contribution in [-0.2, 0) is 11.3 Å². The number of likely N-dealkylation sites (tertiary alicyclic amines) is 1. The molecule has 0 radical (unpaired) electrons. The molecule has 2 heterocycles. The van der Waals surface area contributed by atoms with Gasteiger partial charge in [0.05, 0.1) is 5.92 Å². The molecule has 1 unspecified atom stereocenters. The zero-order valence-corrected chi connectivity index (χ0v) is 20.7. The van der Waals surface area contributed by atoms with Crippen LogP contribution in [0.3, 0.4) is 0 Å². The molecule has 0 spiro atoms. The zero-order chi connectivity index (χ0) is 25.8. The molecule has 8 nitrogen and oxygen atoms in total. The first kappa shape index (κ1) is 24.4. The molecule has 3 N–H and O–H groups in total. The second-order valence-corrected chi connectivity index (χ2v) is 9.39. The van der Waals surface area contributed by atoms with Crippen molar-refractivity contribution in [2.75, 3.05) is 18.4 Å². The summed E-state index contributed by atoms with van der Waals surface area (Å²) in [6.45, 7) is 4.17. The monoisotopic (exact) mass is 495 g/mol. The summed E-state index contributed by atoms with van der Waals surface area (Å²) in [5.41, 5.74) is 10.5. The fourth-order valence-corrected chi connectivity index (χ4v) is 4.67. The molecule has 1 aliphatic heterocycles. The van der Waals surface area contributed by atoms with E-state index in [1.54, 1.807) is 24.3 Å². The van der Waals surface area contributed by atoms with Gasteiger partial charge in [0.2, 0.25) is 17.7 Å². The quantitative estimate of drug-likeness (QED) is 0.385. The lowest BCUT2D eigenvalue weighted by molar-refractivity contribution is -0.123. The highest BCUT2D eigenvalue weighted by Gasteiger charge is 2.24. The summed E-state index contributed by atoms with van der Waals surface area (Å²) >= 11 is 0. The third-order valence-electron chi connectivity index (χ3n) is 6.76. The lowest BCUT2D eigenvalue weighted by atomic mass is 9.97. The zero-order valence-electron chi connectivity index (χ0n) is 20.7. The van der Waals surface area contributed by atoms with E-state index in [9.17, 15) is 9.59 Å². The molecular weight excluding hydrogens is 466 g/mol. The lowest BCUT2D eigenvalue weighted by Crippen LogP contribution is -2.40. The minimum Gasteiger partial charge on any atom is -0.416 e. The Morgan fingerprint density at radius 3 is 2.51 bits per heavy atom. The largest absolute Gasteiger partial charge is 0.416 e. The summed E-state index contributed by atoms with van der Waals surface area (Å²) in [7, 11) is 0. The normalized spacial score (nSPS) is 15.9. The maximum atomic E-state index is 13.0. The van der Waals surface area contributed by atoms with E-state index >= 15 is 0 Å². The van der Waals surface area contributed by atoms with Crippen LogP contribution in [0, 0.1) is 12.8 Å². The van der Waals surface area contributed by atoms with Crippen LogP contribution in [0.5, 0.6) is 0 Å². The van der Waals surface area contributed by atoms with Crippen molar-refractivity contribution in [2.45, 2.75) is 26.3 Å². The van der Waals surface area contributed by atoms with Gasteiger partial charge in [0.15, 0.2) is 0 Å². The highest BCUT2D eigenvalue weighted by molar-refractivity contribution is 6.04. The number of piperidine rings is 1. The fourth-order valence-electron chi connectivity index (χ4n) is 4.67. The molecule has 0 bridgehead atoms. The van der Waals surface area contributed by atoms with E-state index in [-0.39, 0.29) is 17.7 Å². The summed E-state index contributed by atoms with van der Waals surface area (Å²) in [5.74, 6) is 0.273. The molecular formula is C29H29N5O3. The average molecular weight is 496 g/mol. The first-order chi connectivity index (χ1) is 18.0. The average Bonchev–Trinajstić information content (AvgIpc) is 3.40. The number of nitrogens with zero attached hydrogens (tertiary/aromatic N) is 3. The summed E-state index contributed by atoms with van der Waals surface area (Å²) in [6.07, 6.45) is 1.76. The number of nitrogens with one attached hydrogen (secondary N) is 1. The second-order valence-electron chi connectivity index (χ2n) is 9.39. The van der Waals surface area contributed by atoms with E-state index in [4.69, 9.17) is 10.2 Å². The Morgan fingerprint density at radius 2 is 1.73 bits per heavy atom. The van der Waals surface area contributed by atoms with Crippen molar-refractivity contribution in [1.82, 2.24) is 15.1 Å². The number of para-hydroxylation sites is 1. The van der Waals surface area contributed by atoms with Crippen molar-refractivity contribution >= 4 is 17.5 Å². The third kappa shape index (κ3) is 5.59. The smallest absolute Gasteiger partial charge is 0.255 e. The van der Waals surface area contributed by atoms with Crippen LogP contribution in [0.2, 0.25) is 0 Å². The van der Waals surface area contributed by atoms with Gasteiger partial charge in [0.1, 0.15) is 0 Å². The molecule has 0 saturated carbocycles. The Balaban J connectivity index is 1.27. The predicted molar refractivity (Wildman–Crippen MR) is 141 cm³/mol. The number of hydrogen-bond acceptors (Lipinski definition) is 6. The number of aromatic nitrogens is 2. The van der Waals surface area contributed by atoms with Crippen molar-refractivity contribution in [3.63, 3.8) is 0 Å². The van der Waals surface area contributed by atoms with Crippen LogP contribution in [-0.4, -0.2) is 40.0 Å². The Morgan fingerprint density at radius 1 is 1.00 bits per heavy atom. The molecule has 1 saturated heterocycles. The summed E-state index contributed by atoms with van der Waals surface area (Å²) in [6, 6.07) is 22.6. The molecule has 1 aromatic heterocycles. The number of nitrogens with two attached hydrogens (primary N) is 1. The van der Waals surface area contributed by atoms with Crippen LogP contribution in [0.4, 0.5) is 5.69 Å². The number of carbonyl (C=O) groups is 2. The molecule has 37 heavy (non-hydrogen) atoms. The number of anilines is 1. The van der Waals surface area contributed by atoms with Crippen LogP contribution < -0.4 is 11.1 Å². The van der Waals surface area contributed by atoms with E-state index in [0.29, 0.717) is 30.4 Å². The number of carbonyl (C=O) groups excluding carboxylic acids is 2. The van der Waals surface area contributed by atoms with Crippen molar-refractivity contribution in [2.24, 2.45) is 11.7 Å². The third-order valence-corrected chi connectivity index (χ3v) is 6.76. The van der Waals surface area contributed by atoms with Gasteiger partial charge in [-0.1, -0.05) is 36.4 Å². The van der Waals surface area contributed by atoms with Crippen LogP contribution in [0.15, 0.2) is 77.2 Å². The Labute approximate surface area is 215 Å². The minimum atomic E-state index is -0.248. The summed E-state index contributed by atoms with van der Waals surface area (Å²) in [5, 5.41) is 11.4. The number of aryl methyl sites for hydroxylation is 1. The molecule has 1 aliphatic rings. The van der Waals surface area contributed by atoms with Crippen molar-refractivity contribution in [1.29, 1.82) is 0 Å². The van der Waals surface area contributed by atoms with Gasteiger partial charge in [-0.05, 0) is 73.8 Å². The van der Waals surface area contributed by atoms with Gasteiger partial charge in [-0.2, -0.15) is 0 Å². The summed E-state index contributed by atoms with van der Waals surface area (Å²) in [4.78, 5) is 26.9. The van der Waals surface area contributed by atoms with E-state index in [1.165, 1.54) is 0 Å².